The number of nitrogens with zero attached hydrogens (tertiary/aromatic N) is 2. The molecule has 2 aromatic rings. The zero-order chi connectivity index (χ0) is 28.3. The molecule has 1 saturated carbocycles. The molecule has 1 fully saturated rings. The maximum absolute atomic E-state index is 12.4. The normalized spacial score (nSPS) is 15.9. The molecule has 1 aliphatic carbocycles. The molecule has 1 aliphatic rings. The van der Waals surface area contributed by atoms with E-state index < -0.39 is 18.2 Å². The van der Waals surface area contributed by atoms with E-state index in [-0.39, 0.29) is 23.3 Å². The Hall–Kier alpha value is -3.32. The van der Waals surface area contributed by atoms with Gasteiger partial charge in [0, 0.05) is 17.5 Å². The summed E-state index contributed by atoms with van der Waals surface area (Å²) in [5.74, 6) is -3.26. The van der Waals surface area contributed by atoms with E-state index in [0.29, 0.717) is 18.0 Å². The van der Waals surface area contributed by atoms with Crippen LogP contribution in [0.1, 0.15) is 56.5 Å². The molecule has 208 valence electrons. The summed E-state index contributed by atoms with van der Waals surface area (Å²) in [5.41, 5.74) is 7.12. The molecule has 0 bridgehead atoms. The Bertz CT molecular complexity index is 1100. The first-order valence-electron chi connectivity index (χ1n) is 12.1. The third kappa shape index (κ3) is 9.86. The van der Waals surface area contributed by atoms with Gasteiger partial charge in [-0.15, -0.1) is 10.2 Å². The molecule has 0 unspecified atom stereocenters. The van der Waals surface area contributed by atoms with Crippen LogP contribution >= 0.6 is 11.3 Å². The van der Waals surface area contributed by atoms with E-state index in [1.54, 1.807) is 6.08 Å². The lowest BCUT2D eigenvalue weighted by Crippen LogP contribution is -2.44. The molecule has 0 aliphatic heterocycles. The minimum atomic E-state index is -5.08. The molecule has 0 spiro atoms. The van der Waals surface area contributed by atoms with Crippen molar-refractivity contribution in [1.29, 1.82) is 0 Å². The van der Waals surface area contributed by atoms with Gasteiger partial charge in [0.1, 0.15) is 5.01 Å². The average molecular weight is 556 g/mol. The summed E-state index contributed by atoms with van der Waals surface area (Å²) in [5, 5.41) is 22.7. The third-order valence-electron chi connectivity index (χ3n) is 6.04. The number of rotatable bonds is 10. The van der Waals surface area contributed by atoms with Crippen molar-refractivity contribution in [3.05, 3.63) is 53.1 Å². The monoisotopic (exact) mass is 555 g/mol. The average Bonchev–Trinajstić information content (AvgIpc) is 3.32. The fourth-order valence-corrected chi connectivity index (χ4v) is 4.40. The number of halogens is 3. The Kier molecular flexibility index (Phi) is 11.4. The summed E-state index contributed by atoms with van der Waals surface area (Å²) in [7, 11) is 0. The number of hydrogen-bond donors (Lipinski definition) is 4. The Morgan fingerprint density at radius 3 is 2.37 bits per heavy atom. The van der Waals surface area contributed by atoms with Crippen molar-refractivity contribution < 1.29 is 32.7 Å². The molecule has 1 heterocycles. The maximum Gasteiger partial charge on any atom is 0.490 e. The number of carboxylic acid groups (broad SMARTS) is 1. The number of aryl methyl sites for hydroxylation is 1. The molecule has 5 N–H and O–H groups in total. The number of amides is 2. The number of nitrogens with one attached hydrogen (secondary N) is 2. The number of alkyl halides is 3. The van der Waals surface area contributed by atoms with Gasteiger partial charge in [0.2, 0.25) is 16.9 Å². The zero-order valence-electron chi connectivity index (χ0n) is 21.1. The number of aliphatic carboxylic acids is 1. The molecule has 3 rings (SSSR count). The van der Waals surface area contributed by atoms with Crippen LogP contribution in [0.3, 0.4) is 0 Å². The van der Waals surface area contributed by atoms with Gasteiger partial charge >= 0.3 is 12.1 Å². The number of nitrogens with two attached hydrogens (primary N) is 1. The van der Waals surface area contributed by atoms with E-state index in [4.69, 9.17) is 15.6 Å². The molecule has 38 heavy (non-hydrogen) atoms. The smallest absolute Gasteiger partial charge is 0.475 e. The van der Waals surface area contributed by atoms with Crippen molar-refractivity contribution in [2.75, 3.05) is 5.32 Å². The van der Waals surface area contributed by atoms with E-state index in [1.807, 2.05) is 37.3 Å². The fraction of sp³-hybridized carbons (Fsp3) is 0.480. The Morgan fingerprint density at radius 2 is 1.84 bits per heavy atom. The van der Waals surface area contributed by atoms with E-state index in [1.165, 1.54) is 29.4 Å². The highest BCUT2D eigenvalue weighted by molar-refractivity contribution is 7.15. The number of carbonyl (C=O) groups excluding carboxylic acids is 2. The van der Waals surface area contributed by atoms with Crippen molar-refractivity contribution in [2.45, 2.75) is 76.0 Å². The van der Waals surface area contributed by atoms with Gasteiger partial charge in [0.15, 0.2) is 0 Å². The highest BCUT2D eigenvalue weighted by atomic mass is 32.1. The van der Waals surface area contributed by atoms with Crippen LogP contribution in [0.5, 0.6) is 0 Å². The van der Waals surface area contributed by atoms with Gasteiger partial charge < -0.3 is 16.2 Å². The van der Waals surface area contributed by atoms with Gasteiger partial charge in [0.05, 0.1) is 6.04 Å². The number of carbonyl (C=O) groups is 3. The second-order valence-electron chi connectivity index (χ2n) is 9.13. The maximum atomic E-state index is 12.4. The van der Waals surface area contributed by atoms with Gasteiger partial charge in [-0.1, -0.05) is 68.0 Å². The summed E-state index contributed by atoms with van der Waals surface area (Å²) in [6.45, 7) is 4.05. The van der Waals surface area contributed by atoms with Crippen LogP contribution in [0.4, 0.5) is 18.3 Å². The van der Waals surface area contributed by atoms with Crippen molar-refractivity contribution >= 4 is 34.3 Å². The number of hydrogen-bond acceptors (Lipinski definition) is 7. The molecule has 0 radical (unpaired) electrons. The minimum Gasteiger partial charge on any atom is -0.475 e. The predicted octanol–water partition coefficient (Wildman–Crippen LogP) is 3.96. The highest BCUT2D eigenvalue weighted by Crippen LogP contribution is 2.44. The second kappa shape index (κ2) is 14.0. The number of carboxylic acids is 1. The summed E-state index contributed by atoms with van der Waals surface area (Å²) in [4.78, 5) is 33.6. The van der Waals surface area contributed by atoms with Crippen LogP contribution in [0.25, 0.3) is 0 Å². The molecular weight excluding hydrogens is 523 g/mol. The molecule has 9 nitrogen and oxygen atoms in total. The van der Waals surface area contributed by atoms with Crippen molar-refractivity contribution in [3.8, 4) is 0 Å². The van der Waals surface area contributed by atoms with Gasteiger partial charge in [0.25, 0.3) is 0 Å². The molecule has 2 amide bonds. The molecule has 0 saturated heterocycles. The van der Waals surface area contributed by atoms with Crippen LogP contribution in [0.15, 0.2) is 42.5 Å². The zero-order valence-corrected chi connectivity index (χ0v) is 21.9. The Labute approximate surface area is 222 Å². The van der Waals surface area contributed by atoms with Crippen molar-refractivity contribution in [1.82, 2.24) is 15.5 Å². The Morgan fingerprint density at radius 1 is 1.21 bits per heavy atom. The second-order valence-corrected chi connectivity index (χ2v) is 10.1. The van der Waals surface area contributed by atoms with E-state index in [0.717, 1.165) is 24.3 Å². The molecule has 1 aromatic heterocycles. The first kappa shape index (κ1) is 30.9. The third-order valence-corrected chi connectivity index (χ3v) is 7.19. The topological polar surface area (TPSA) is 147 Å². The van der Waals surface area contributed by atoms with Crippen LogP contribution in [-0.4, -0.2) is 51.3 Å². The van der Waals surface area contributed by atoms with E-state index in [9.17, 15) is 22.8 Å². The molecule has 13 heteroatoms. The molecular formula is C25H32F3N5O4S. The van der Waals surface area contributed by atoms with Crippen LogP contribution in [0.2, 0.25) is 0 Å². The predicted molar refractivity (Wildman–Crippen MR) is 138 cm³/mol. The fourth-order valence-electron chi connectivity index (χ4n) is 3.45. The van der Waals surface area contributed by atoms with Gasteiger partial charge in [-0.25, -0.2) is 4.79 Å². The first-order chi connectivity index (χ1) is 17.8. The lowest BCUT2D eigenvalue weighted by atomic mass is 9.71. The summed E-state index contributed by atoms with van der Waals surface area (Å²) in [6, 6.07) is 9.17. The van der Waals surface area contributed by atoms with Crippen molar-refractivity contribution in [2.24, 2.45) is 5.73 Å². The standard InChI is InChI=1S/C23H31N5O2S.C2HF3O2/c1-3-18(24)20(30)25-17(11-10-16-8-5-4-6-9-16)12-13-19(29)26-22-28-27-21(31-22)23(2)14-7-15-23;3-2(4,5)1(6)7/h4-6,8-9,12-13,17-18H,3,7,10-11,14-15,24H2,1-2H3,(H,25,30)(H,26,28,29);(H,6,7)/t17-,18-;/m0./s1. The number of benzene rings is 1. The van der Waals surface area contributed by atoms with Gasteiger partial charge in [-0.3, -0.25) is 14.9 Å². The largest absolute Gasteiger partial charge is 0.490 e. The summed E-state index contributed by atoms with van der Waals surface area (Å²) >= 11 is 1.43. The summed E-state index contributed by atoms with van der Waals surface area (Å²) in [6.07, 6.45) is 3.50. The molecule has 1 aromatic carbocycles. The first-order valence-corrected chi connectivity index (χ1v) is 12.9. The van der Waals surface area contributed by atoms with Crippen LogP contribution in [-0.2, 0) is 26.2 Å². The lowest BCUT2D eigenvalue weighted by Gasteiger charge is -2.35. The number of aromatic nitrogens is 2. The summed E-state index contributed by atoms with van der Waals surface area (Å²) < 4.78 is 31.7. The SMILES string of the molecule is CC[C@H](N)C(=O)N[C@H](C=CC(=O)Nc1nnc(C2(C)CCC2)s1)CCc1ccccc1.O=C(O)C(F)(F)F. The van der Waals surface area contributed by atoms with Crippen LogP contribution < -0.4 is 16.4 Å². The highest BCUT2D eigenvalue weighted by Gasteiger charge is 2.38. The molecule has 2 atom stereocenters. The van der Waals surface area contributed by atoms with Crippen LogP contribution in [0, 0.1) is 0 Å². The lowest BCUT2D eigenvalue weighted by molar-refractivity contribution is -0.192. The minimum absolute atomic E-state index is 0.0986. The van der Waals surface area contributed by atoms with Gasteiger partial charge in [-0.2, -0.15) is 13.2 Å². The van der Waals surface area contributed by atoms with E-state index in [2.05, 4.69) is 27.8 Å². The number of anilines is 1. The van der Waals surface area contributed by atoms with Gasteiger partial charge in [-0.05, 0) is 37.7 Å². The van der Waals surface area contributed by atoms with E-state index >= 15 is 0 Å². The van der Waals surface area contributed by atoms with Crippen molar-refractivity contribution in [3.63, 3.8) is 0 Å². The Balaban J connectivity index is 0.000000638. The quantitative estimate of drug-likeness (QED) is 0.325.